The Kier molecular flexibility index (Phi) is 6.11. The van der Waals surface area contributed by atoms with Crippen molar-refractivity contribution in [3.63, 3.8) is 0 Å². The maximum atomic E-state index is 11.9. The number of nitrogens with zero attached hydrogens (tertiary/aromatic N) is 1. The van der Waals surface area contributed by atoms with Crippen LogP contribution in [0.5, 0.6) is 0 Å². The standard InChI is InChI=1S/C11H20N2O2S2/c1-12-7-3-4-9-17(14,15)13(2)10-11-6-5-8-16-11/h5-6,8,12H,3-4,7,9-10H2,1-2H3. The van der Waals surface area contributed by atoms with Gasteiger partial charge in [0.25, 0.3) is 0 Å². The molecular formula is C11H20N2O2S2. The Labute approximate surface area is 108 Å². The Morgan fingerprint density at radius 2 is 2.18 bits per heavy atom. The maximum absolute atomic E-state index is 11.9. The van der Waals surface area contributed by atoms with E-state index < -0.39 is 10.0 Å². The van der Waals surface area contributed by atoms with Crippen molar-refractivity contribution in [3.05, 3.63) is 22.4 Å². The lowest BCUT2D eigenvalue weighted by molar-refractivity contribution is 0.467. The third kappa shape index (κ3) is 5.16. The van der Waals surface area contributed by atoms with Gasteiger partial charge < -0.3 is 5.32 Å². The van der Waals surface area contributed by atoms with Crippen molar-refractivity contribution in [3.8, 4) is 0 Å². The van der Waals surface area contributed by atoms with Crippen LogP contribution in [0.2, 0.25) is 0 Å². The van der Waals surface area contributed by atoms with Crippen LogP contribution in [-0.2, 0) is 16.6 Å². The second-order valence-corrected chi connectivity index (χ2v) is 7.19. The maximum Gasteiger partial charge on any atom is 0.214 e. The van der Waals surface area contributed by atoms with E-state index in [2.05, 4.69) is 5.32 Å². The third-order valence-corrected chi connectivity index (χ3v) is 5.26. The first-order valence-corrected chi connectivity index (χ1v) is 8.16. The molecule has 0 bridgehead atoms. The molecule has 0 atom stereocenters. The van der Waals surface area contributed by atoms with Crippen LogP contribution in [0.4, 0.5) is 0 Å². The molecular weight excluding hydrogens is 256 g/mol. The zero-order chi connectivity index (χ0) is 12.7. The molecule has 0 saturated heterocycles. The largest absolute Gasteiger partial charge is 0.320 e. The van der Waals surface area contributed by atoms with Crippen LogP contribution < -0.4 is 5.32 Å². The SMILES string of the molecule is CNCCCCS(=O)(=O)N(C)Cc1cccs1. The van der Waals surface area contributed by atoms with Crippen LogP contribution >= 0.6 is 11.3 Å². The molecule has 0 radical (unpaired) electrons. The van der Waals surface area contributed by atoms with Gasteiger partial charge in [-0.25, -0.2) is 8.42 Å². The molecule has 4 nitrogen and oxygen atoms in total. The summed E-state index contributed by atoms with van der Waals surface area (Å²) in [5.74, 6) is 0.233. The first-order valence-electron chi connectivity index (χ1n) is 5.67. The highest BCUT2D eigenvalue weighted by Crippen LogP contribution is 2.13. The monoisotopic (exact) mass is 276 g/mol. The summed E-state index contributed by atoms with van der Waals surface area (Å²) >= 11 is 1.58. The molecule has 0 saturated carbocycles. The zero-order valence-corrected chi connectivity index (χ0v) is 12.0. The highest BCUT2D eigenvalue weighted by atomic mass is 32.2. The molecule has 1 heterocycles. The average Bonchev–Trinajstić information content (AvgIpc) is 2.77. The minimum atomic E-state index is -3.10. The molecule has 0 fully saturated rings. The topological polar surface area (TPSA) is 49.4 Å². The predicted octanol–water partition coefficient (Wildman–Crippen LogP) is 1.51. The van der Waals surface area contributed by atoms with E-state index in [0.717, 1.165) is 17.8 Å². The minimum absolute atomic E-state index is 0.233. The van der Waals surface area contributed by atoms with Gasteiger partial charge in [-0.1, -0.05) is 6.07 Å². The van der Waals surface area contributed by atoms with Gasteiger partial charge in [-0.2, -0.15) is 4.31 Å². The van der Waals surface area contributed by atoms with E-state index >= 15 is 0 Å². The van der Waals surface area contributed by atoms with Gasteiger partial charge in [-0.15, -0.1) is 11.3 Å². The minimum Gasteiger partial charge on any atom is -0.320 e. The van der Waals surface area contributed by atoms with Crippen molar-refractivity contribution in [1.82, 2.24) is 9.62 Å². The van der Waals surface area contributed by atoms with E-state index in [-0.39, 0.29) is 5.75 Å². The second-order valence-electron chi connectivity index (χ2n) is 3.96. The van der Waals surface area contributed by atoms with E-state index in [1.54, 1.807) is 18.4 Å². The molecule has 0 amide bonds. The van der Waals surface area contributed by atoms with E-state index in [9.17, 15) is 8.42 Å². The van der Waals surface area contributed by atoms with Crippen LogP contribution in [0.25, 0.3) is 0 Å². The summed E-state index contributed by atoms with van der Waals surface area (Å²) in [6.07, 6.45) is 1.60. The highest BCUT2D eigenvalue weighted by molar-refractivity contribution is 7.89. The van der Waals surface area contributed by atoms with Gasteiger partial charge in [0.2, 0.25) is 10.0 Å². The number of unbranched alkanes of at least 4 members (excludes halogenated alkanes) is 1. The van der Waals surface area contributed by atoms with Gasteiger partial charge in [-0.05, 0) is 37.9 Å². The van der Waals surface area contributed by atoms with E-state index in [0.29, 0.717) is 13.0 Å². The lowest BCUT2D eigenvalue weighted by Gasteiger charge is -2.16. The number of hydrogen-bond acceptors (Lipinski definition) is 4. The summed E-state index contributed by atoms with van der Waals surface area (Å²) in [6.45, 7) is 1.34. The zero-order valence-electron chi connectivity index (χ0n) is 10.3. The fourth-order valence-corrected chi connectivity index (χ4v) is 3.52. The van der Waals surface area contributed by atoms with Crippen LogP contribution in [-0.4, -0.2) is 39.1 Å². The van der Waals surface area contributed by atoms with Crippen LogP contribution in [0.3, 0.4) is 0 Å². The Balaban J connectivity index is 2.41. The first kappa shape index (κ1) is 14.6. The summed E-state index contributed by atoms with van der Waals surface area (Å²) in [6, 6.07) is 3.89. The number of rotatable bonds is 8. The van der Waals surface area contributed by atoms with Crippen LogP contribution in [0.1, 0.15) is 17.7 Å². The fraction of sp³-hybridized carbons (Fsp3) is 0.636. The highest BCUT2D eigenvalue weighted by Gasteiger charge is 2.17. The van der Waals surface area contributed by atoms with Gasteiger partial charge in [-0.3, -0.25) is 0 Å². The van der Waals surface area contributed by atoms with Gasteiger partial charge in [0.15, 0.2) is 0 Å². The molecule has 0 aromatic carbocycles. The molecule has 98 valence electrons. The number of hydrogen-bond donors (Lipinski definition) is 1. The summed E-state index contributed by atoms with van der Waals surface area (Å²) < 4.78 is 25.3. The van der Waals surface area contributed by atoms with Crippen molar-refractivity contribution in [2.45, 2.75) is 19.4 Å². The summed E-state index contributed by atoms with van der Waals surface area (Å²) in [5.41, 5.74) is 0. The van der Waals surface area contributed by atoms with Crippen molar-refractivity contribution in [2.24, 2.45) is 0 Å². The van der Waals surface area contributed by atoms with Gasteiger partial charge in [0.1, 0.15) is 0 Å². The van der Waals surface area contributed by atoms with Crippen molar-refractivity contribution in [2.75, 3.05) is 26.4 Å². The molecule has 1 aromatic heterocycles. The van der Waals surface area contributed by atoms with Crippen molar-refractivity contribution in [1.29, 1.82) is 0 Å². The van der Waals surface area contributed by atoms with Crippen LogP contribution in [0, 0.1) is 0 Å². The van der Waals surface area contributed by atoms with Gasteiger partial charge in [0.05, 0.1) is 5.75 Å². The Bertz CT molecular complexity index is 401. The molecule has 0 unspecified atom stereocenters. The first-order chi connectivity index (χ1) is 8.06. The van der Waals surface area contributed by atoms with Crippen LogP contribution in [0.15, 0.2) is 17.5 Å². The summed E-state index contributed by atoms with van der Waals surface area (Å²) in [5, 5.41) is 4.97. The lowest BCUT2D eigenvalue weighted by Crippen LogP contribution is -2.28. The molecule has 0 spiro atoms. The average molecular weight is 276 g/mol. The molecule has 17 heavy (non-hydrogen) atoms. The molecule has 1 rings (SSSR count). The molecule has 0 aliphatic carbocycles. The number of sulfonamides is 1. The molecule has 1 aromatic rings. The molecule has 1 N–H and O–H groups in total. The fourth-order valence-electron chi connectivity index (χ4n) is 1.46. The van der Waals surface area contributed by atoms with E-state index in [4.69, 9.17) is 0 Å². The van der Waals surface area contributed by atoms with E-state index in [1.165, 1.54) is 4.31 Å². The quantitative estimate of drug-likeness (QED) is 0.732. The van der Waals surface area contributed by atoms with E-state index in [1.807, 2.05) is 24.6 Å². The Morgan fingerprint density at radius 3 is 2.76 bits per heavy atom. The Morgan fingerprint density at radius 1 is 1.41 bits per heavy atom. The molecule has 0 aliphatic rings. The van der Waals surface area contributed by atoms with Gasteiger partial charge >= 0.3 is 0 Å². The lowest BCUT2D eigenvalue weighted by atomic mass is 10.3. The second kappa shape index (κ2) is 7.10. The van der Waals surface area contributed by atoms with Crippen molar-refractivity contribution < 1.29 is 8.42 Å². The van der Waals surface area contributed by atoms with Crippen molar-refractivity contribution >= 4 is 21.4 Å². The number of nitrogens with one attached hydrogen (secondary N) is 1. The smallest absolute Gasteiger partial charge is 0.214 e. The Hall–Kier alpha value is -0.430. The summed E-state index contributed by atoms with van der Waals surface area (Å²) in [4.78, 5) is 1.08. The molecule has 6 heteroatoms. The molecule has 0 aliphatic heterocycles. The normalized spacial score (nSPS) is 12.2. The summed E-state index contributed by atoms with van der Waals surface area (Å²) in [7, 11) is 0.414. The van der Waals surface area contributed by atoms with Gasteiger partial charge in [0, 0.05) is 18.5 Å². The predicted molar refractivity (Wildman–Crippen MR) is 72.7 cm³/mol. The third-order valence-electron chi connectivity index (χ3n) is 2.51. The number of thiophene rings is 1.